The van der Waals surface area contributed by atoms with Crippen molar-refractivity contribution in [3.05, 3.63) is 35.6 Å². The highest BCUT2D eigenvalue weighted by atomic mass is 16.3. The number of aryl methyl sites for hydroxylation is 1. The summed E-state index contributed by atoms with van der Waals surface area (Å²) in [4.78, 5) is 38.8. The third-order valence-electron chi connectivity index (χ3n) is 5.51. The van der Waals surface area contributed by atoms with Gasteiger partial charge in [0.1, 0.15) is 11.3 Å². The minimum Gasteiger partial charge on any atom is -0.460 e. The van der Waals surface area contributed by atoms with Gasteiger partial charge in [-0.1, -0.05) is 31.5 Å². The molecule has 4 rings (SSSR count). The topological polar surface area (TPSA) is 79.6 Å². The van der Waals surface area contributed by atoms with Crippen LogP contribution in [0, 0.1) is 5.41 Å². The van der Waals surface area contributed by atoms with Gasteiger partial charge in [-0.3, -0.25) is 19.7 Å². The van der Waals surface area contributed by atoms with E-state index in [1.165, 1.54) is 0 Å². The third-order valence-corrected chi connectivity index (χ3v) is 5.51. The smallest absolute Gasteiger partial charge is 0.258 e. The summed E-state index contributed by atoms with van der Waals surface area (Å²) in [6.07, 6.45) is 3.37. The van der Waals surface area contributed by atoms with Crippen molar-refractivity contribution in [1.29, 1.82) is 0 Å². The molecule has 2 aliphatic heterocycles. The molecule has 6 heteroatoms. The number of para-hydroxylation sites is 1. The quantitative estimate of drug-likeness (QED) is 0.856. The maximum atomic E-state index is 13.3. The SMILES string of the molecule is CCCCc1oc2ccccc2c1C(=O)N1CCC2(CC(=O)NC2=O)C1. The van der Waals surface area contributed by atoms with Crippen LogP contribution in [0.2, 0.25) is 0 Å². The minimum atomic E-state index is -0.754. The first-order valence-electron chi connectivity index (χ1n) is 9.18. The van der Waals surface area contributed by atoms with E-state index in [2.05, 4.69) is 12.2 Å². The molecule has 0 saturated carbocycles. The van der Waals surface area contributed by atoms with Crippen molar-refractivity contribution in [1.82, 2.24) is 10.2 Å². The minimum absolute atomic E-state index is 0.106. The van der Waals surface area contributed by atoms with Crippen LogP contribution in [0.3, 0.4) is 0 Å². The lowest BCUT2D eigenvalue weighted by Crippen LogP contribution is -2.36. The second-order valence-corrected chi connectivity index (χ2v) is 7.31. The average molecular weight is 354 g/mol. The summed E-state index contributed by atoms with van der Waals surface area (Å²) in [5, 5.41) is 3.19. The Balaban J connectivity index is 1.66. The number of furan rings is 1. The Morgan fingerprint density at radius 1 is 1.31 bits per heavy atom. The maximum Gasteiger partial charge on any atom is 0.258 e. The van der Waals surface area contributed by atoms with Gasteiger partial charge in [0.25, 0.3) is 5.91 Å². The van der Waals surface area contributed by atoms with Crippen LogP contribution in [0.4, 0.5) is 0 Å². The van der Waals surface area contributed by atoms with Gasteiger partial charge in [-0.2, -0.15) is 0 Å². The van der Waals surface area contributed by atoms with Gasteiger partial charge in [0.2, 0.25) is 11.8 Å². The Kier molecular flexibility index (Phi) is 4.05. The molecule has 1 unspecified atom stereocenters. The van der Waals surface area contributed by atoms with Crippen LogP contribution < -0.4 is 5.32 Å². The Morgan fingerprint density at radius 2 is 2.12 bits per heavy atom. The number of nitrogens with zero attached hydrogens (tertiary/aromatic N) is 1. The molecule has 136 valence electrons. The lowest BCUT2D eigenvalue weighted by Gasteiger charge is -2.20. The van der Waals surface area contributed by atoms with E-state index in [0.717, 1.165) is 18.2 Å². The molecule has 3 heterocycles. The molecule has 26 heavy (non-hydrogen) atoms. The summed E-state index contributed by atoms with van der Waals surface area (Å²) in [6.45, 7) is 2.87. The molecular weight excluding hydrogens is 332 g/mol. The average Bonchev–Trinajstić information content (AvgIpc) is 3.28. The van der Waals surface area contributed by atoms with Gasteiger partial charge in [0, 0.05) is 31.3 Å². The van der Waals surface area contributed by atoms with Crippen molar-refractivity contribution in [3.8, 4) is 0 Å². The van der Waals surface area contributed by atoms with Crippen LogP contribution in [0.15, 0.2) is 28.7 Å². The van der Waals surface area contributed by atoms with Gasteiger partial charge in [0.05, 0.1) is 11.0 Å². The normalized spacial score (nSPS) is 22.6. The molecule has 0 aliphatic carbocycles. The summed E-state index contributed by atoms with van der Waals surface area (Å²) in [5.41, 5.74) is 0.566. The predicted molar refractivity (Wildman–Crippen MR) is 95.5 cm³/mol. The van der Waals surface area contributed by atoms with E-state index in [-0.39, 0.29) is 30.7 Å². The number of rotatable bonds is 4. The summed E-state index contributed by atoms with van der Waals surface area (Å²) in [5.74, 6) is 0.110. The van der Waals surface area contributed by atoms with Crippen molar-refractivity contribution in [2.45, 2.75) is 39.0 Å². The zero-order valence-electron chi connectivity index (χ0n) is 14.8. The van der Waals surface area contributed by atoms with Crippen molar-refractivity contribution in [2.24, 2.45) is 5.41 Å². The lowest BCUT2D eigenvalue weighted by atomic mass is 9.85. The Bertz CT molecular complexity index is 900. The number of carbonyl (C=O) groups is 3. The first-order chi connectivity index (χ1) is 12.5. The van der Waals surface area contributed by atoms with E-state index in [1.807, 2.05) is 24.3 Å². The summed E-state index contributed by atoms with van der Waals surface area (Å²) >= 11 is 0. The molecule has 0 bridgehead atoms. The summed E-state index contributed by atoms with van der Waals surface area (Å²) in [7, 11) is 0. The fourth-order valence-electron chi connectivity index (χ4n) is 4.07. The van der Waals surface area contributed by atoms with Crippen LogP contribution in [0.1, 0.15) is 48.7 Å². The standard InChI is InChI=1S/C20H22N2O4/c1-2-3-7-15-17(13-6-4-5-8-14(13)26-15)18(24)22-10-9-20(12-22)11-16(23)21-19(20)25/h4-6,8H,2-3,7,9-12H2,1H3,(H,21,23,25). The fourth-order valence-corrected chi connectivity index (χ4v) is 4.07. The first kappa shape index (κ1) is 16.8. The van der Waals surface area contributed by atoms with Crippen molar-refractivity contribution in [3.63, 3.8) is 0 Å². The monoisotopic (exact) mass is 354 g/mol. The maximum absolute atomic E-state index is 13.3. The van der Waals surface area contributed by atoms with Gasteiger partial charge in [0.15, 0.2) is 0 Å². The van der Waals surface area contributed by atoms with E-state index in [4.69, 9.17) is 4.42 Å². The predicted octanol–water partition coefficient (Wildman–Crippen LogP) is 2.65. The van der Waals surface area contributed by atoms with Crippen LogP contribution in [-0.4, -0.2) is 35.7 Å². The highest BCUT2D eigenvalue weighted by Gasteiger charge is 2.52. The molecule has 2 aliphatic rings. The van der Waals surface area contributed by atoms with E-state index in [1.54, 1.807) is 4.90 Å². The van der Waals surface area contributed by atoms with Crippen LogP contribution in [0.5, 0.6) is 0 Å². The molecule has 0 radical (unpaired) electrons. The van der Waals surface area contributed by atoms with Gasteiger partial charge in [-0.05, 0) is 18.9 Å². The number of carbonyl (C=O) groups excluding carboxylic acids is 3. The van der Waals surface area contributed by atoms with Crippen LogP contribution in [-0.2, 0) is 16.0 Å². The van der Waals surface area contributed by atoms with Gasteiger partial charge < -0.3 is 9.32 Å². The van der Waals surface area contributed by atoms with Gasteiger partial charge >= 0.3 is 0 Å². The lowest BCUT2D eigenvalue weighted by molar-refractivity contribution is -0.128. The first-order valence-corrected chi connectivity index (χ1v) is 9.18. The zero-order valence-corrected chi connectivity index (χ0v) is 14.8. The fraction of sp³-hybridized carbons (Fsp3) is 0.450. The number of likely N-dealkylation sites (tertiary alicyclic amines) is 1. The Hall–Kier alpha value is -2.63. The molecule has 2 fully saturated rings. The number of amides is 3. The molecule has 1 aromatic heterocycles. The summed E-state index contributed by atoms with van der Waals surface area (Å²) in [6, 6.07) is 7.56. The van der Waals surface area contributed by atoms with Crippen molar-refractivity contribution < 1.29 is 18.8 Å². The number of benzene rings is 1. The molecule has 1 spiro atoms. The van der Waals surface area contributed by atoms with E-state index in [9.17, 15) is 14.4 Å². The molecule has 1 N–H and O–H groups in total. The molecule has 2 aromatic rings. The molecule has 1 aromatic carbocycles. The largest absolute Gasteiger partial charge is 0.460 e. The number of hydrogen-bond donors (Lipinski definition) is 1. The summed E-state index contributed by atoms with van der Waals surface area (Å²) < 4.78 is 5.96. The molecule has 2 saturated heterocycles. The van der Waals surface area contributed by atoms with Crippen LogP contribution in [0.25, 0.3) is 11.0 Å². The molecular formula is C20H22N2O4. The highest BCUT2D eigenvalue weighted by Crippen LogP contribution is 2.39. The van der Waals surface area contributed by atoms with Crippen LogP contribution >= 0.6 is 0 Å². The number of fused-ring (bicyclic) bond motifs is 1. The zero-order chi connectivity index (χ0) is 18.3. The number of hydrogen-bond acceptors (Lipinski definition) is 4. The Labute approximate surface area is 151 Å². The van der Waals surface area contributed by atoms with Crippen molar-refractivity contribution >= 4 is 28.7 Å². The molecule has 6 nitrogen and oxygen atoms in total. The number of unbranched alkanes of at least 4 members (excludes halogenated alkanes) is 1. The molecule has 1 atom stereocenters. The number of nitrogens with one attached hydrogen (secondary N) is 1. The second kappa shape index (κ2) is 6.27. The van der Waals surface area contributed by atoms with Gasteiger partial charge in [-0.25, -0.2) is 0 Å². The highest BCUT2D eigenvalue weighted by molar-refractivity contribution is 6.09. The van der Waals surface area contributed by atoms with E-state index in [0.29, 0.717) is 36.3 Å². The number of imide groups is 1. The Morgan fingerprint density at radius 3 is 2.85 bits per heavy atom. The third kappa shape index (κ3) is 2.60. The van der Waals surface area contributed by atoms with Crippen molar-refractivity contribution in [2.75, 3.05) is 13.1 Å². The second-order valence-electron chi connectivity index (χ2n) is 7.31. The molecule has 3 amide bonds. The van der Waals surface area contributed by atoms with Gasteiger partial charge in [-0.15, -0.1) is 0 Å². The van der Waals surface area contributed by atoms with E-state index < -0.39 is 5.41 Å². The van der Waals surface area contributed by atoms with E-state index >= 15 is 0 Å².